The second-order valence-corrected chi connectivity index (χ2v) is 4.85. The highest BCUT2D eigenvalue weighted by Gasteiger charge is 2.08. The minimum absolute atomic E-state index is 0.818. The van der Waals surface area contributed by atoms with Crippen LogP contribution in [0.5, 0.6) is 0 Å². The number of nitrogens with two attached hydrogens (primary N) is 1. The largest absolute Gasteiger partial charge is 0.399 e. The topological polar surface area (TPSA) is 42.1 Å². The maximum absolute atomic E-state index is 5.80. The monoisotopic (exact) mass is 247 g/mol. The molecule has 0 aliphatic heterocycles. The van der Waals surface area contributed by atoms with Gasteiger partial charge < -0.3 is 10.6 Å². The Balaban J connectivity index is 2.13. The summed E-state index contributed by atoms with van der Waals surface area (Å²) in [6.07, 6.45) is 2.96. The number of thiazole rings is 1. The maximum Gasteiger partial charge on any atom is 0.185 e. The molecule has 0 atom stereocenters. The number of hydrogen-bond donors (Lipinski definition) is 1. The van der Waals surface area contributed by atoms with Crippen molar-refractivity contribution in [3.8, 4) is 0 Å². The van der Waals surface area contributed by atoms with Crippen molar-refractivity contribution in [3.05, 3.63) is 41.4 Å². The Labute approximate surface area is 106 Å². The Bertz CT molecular complexity index is 453. The SMILES string of the molecule is CCCN(Cc1cccc(N)c1)c1nccs1. The molecule has 0 aliphatic carbocycles. The molecule has 90 valence electrons. The van der Waals surface area contributed by atoms with Gasteiger partial charge in [-0.1, -0.05) is 19.1 Å². The molecule has 1 heterocycles. The van der Waals surface area contributed by atoms with Crippen molar-refractivity contribution in [2.45, 2.75) is 19.9 Å². The standard InChI is InChI=1S/C13H17N3S/c1-2-7-16(13-15-6-8-17-13)10-11-4-3-5-12(14)9-11/h3-6,8-9H,2,7,10,14H2,1H3. The zero-order chi connectivity index (χ0) is 12.1. The maximum atomic E-state index is 5.80. The van der Waals surface area contributed by atoms with Gasteiger partial charge in [-0.25, -0.2) is 4.98 Å². The Kier molecular flexibility index (Phi) is 3.98. The molecule has 0 saturated carbocycles. The number of rotatable bonds is 5. The molecule has 2 N–H and O–H groups in total. The van der Waals surface area contributed by atoms with Crippen molar-refractivity contribution in [1.29, 1.82) is 0 Å². The fourth-order valence-electron chi connectivity index (χ4n) is 1.80. The summed E-state index contributed by atoms with van der Waals surface area (Å²) in [7, 11) is 0. The van der Waals surface area contributed by atoms with Crippen LogP contribution in [0.2, 0.25) is 0 Å². The third-order valence-corrected chi connectivity index (χ3v) is 3.34. The number of nitrogen functional groups attached to an aromatic ring is 1. The highest BCUT2D eigenvalue weighted by molar-refractivity contribution is 7.13. The van der Waals surface area contributed by atoms with Crippen molar-refractivity contribution in [3.63, 3.8) is 0 Å². The van der Waals surface area contributed by atoms with Crippen LogP contribution in [0.15, 0.2) is 35.8 Å². The van der Waals surface area contributed by atoms with E-state index < -0.39 is 0 Å². The lowest BCUT2D eigenvalue weighted by atomic mass is 10.2. The molecule has 0 saturated heterocycles. The molecule has 2 aromatic rings. The van der Waals surface area contributed by atoms with E-state index in [2.05, 4.69) is 22.9 Å². The number of hydrogen-bond acceptors (Lipinski definition) is 4. The molecule has 17 heavy (non-hydrogen) atoms. The smallest absolute Gasteiger partial charge is 0.185 e. The van der Waals surface area contributed by atoms with Gasteiger partial charge in [0.15, 0.2) is 5.13 Å². The van der Waals surface area contributed by atoms with Gasteiger partial charge in [0, 0.05) is 30.4 Å². The number of aromatic nitrogens is 1. The van der Waals surface area contributed by atoms with Gasteiger partial charge in [-0.3, -0.25) is 0 Å². The minimum Gasteiger partial charge on any atom is -0.399 e. The van der Waals surface area contributed by atoms with E-state index in [1.807, 2.05) is 29.8 Å². The summed E-state index contributed by atoms with van der Waals surface area (Å²) in [5.41, 5.74) is 7.84. The molecule has 1 aromatic heterocycles. The Hall–Kier alpha value is -1.55. The summed E-state index contributed by atoms with van der Waals surface area (Å²) in [6.45, 7) is 4.06. The molecule has 0 fully saturated rings. The quantitative estimate of drug-likeness (QED) is 0.825. The first kappa shape index (κ1) is 11.9. The summed E-state index contributed by atoms with van der Waals surface area (Å²) in [5.74, 6) is 0. The molecule has 3 nitrogen and oxygen atoms in total. The minimum atomic E-state index is 0.818. The van der Waals surface area contributed by atoms with Crippen LogP contribution >= 0.6 is 11.3 Å². The summed E-state index contributed by atoms with van der Waals surface area (Å²) in [5, 5.41) is 3.09. The third-order valence-electron chi connectivity index (χ3n) is 2.51. The second-order valence-electron chi connectivity index (χ2n) is 3.98. The highest BCUT2D eigenvalue weighted by Crippen LogP contribution is 2.20. The predicted molar refractivity (Wildman–Crippen MR) is 74.3 cm³/mol. The van der Waals surface area contributed by atoms with Crippen LogP contribution in [0.4, 0.5) is 10.8 Å². The fourth-order valence-corrected chi connectivity index (χ4v) is 2.47. The van der Waals surface area contributed by atoms with Gasteiger partial charge in [0.05, 0.1) is 0 Å². The molecular weight excluding hydrogens is 230 g/mol. The lowest BCUT2D eigenvalue weighted by Gasteiger charge is -2.21. The van der Waals surface area contributed by atoms with E-state index in [0.29, 0.717) is 0 Å². The van der Waals surface area contributed by atoms with E-state index in [1.54, 1.807) is 11.3 Å². The van der Waals surface area contributed by atoms with Crippen LogP contribution in [0, 0.1) is 0 Å². The predicted octanol–water partition coefficient (Wildman–Crippen LogP) is 3.14. The number of nitrogens with zero attached hydrogens (tertiary/aromatic N) is 2. The Morgan fingerprint density at radius 3 is 2.94 bits per heavy atom. The summed E-state index contributed by atoms with van der Waals surface area (Å²) in [6, 6.07) is 8.04. The van der Waals surface area contributed by atoms with Crippen LogP contribution in [-0.4, -0.2) is 11.5 Å². The first-order valence-corrected chi connectivity index (χ1v) is 6.66. The second kappa shape index (κ2) is 5.68. The summed E-state index contributed by atoms with van der Waals surface area (Å²) < 4.78 is 0. The van der Waals surface area contributed by atoms with Crippen LogP contribution in [-0.2, 0) is 6.54 Å². The molecular formula is C13H17N3S. The molecule has 0 unspecified atom stereocenters. The molecule has 0 amide bonds. The van der Waals surface area contributed by atoms with Gasteiger partial charge in [-0.15, -0.1) is 11.3 Å². The van der Waals surface area contributed by atoms with E-state index >= 15 is 0 Å². The van der Waals surface area contributed by atoms with Crippen molar-refractivity contribution in [2.24, 2.45) is 0 Å². The van der Waals surface area contributed by atoms with Gasteiger partial charge >= 0.3 is 0 Å². The van der Waals surface area contributed by atoms with Gasteiger partial charge in [0.25, 0.3) is 0 Å². The van der Waals surface area contributed by atoms with E-state index in [0.717, 1.165) is 30.3 Å². The van der Waals surface area contributed by atoms with E-state index in [4.69, 9.17) is 5.73 Å². The molecule has 0 bridgehead atoms. The molecule has 4 heteroatoms. The average molecular weight is 247 g/mol. The van der Waals surface area contributed by atoms with Gasteiger partial charge in [0.2, 0.25) is 0 Å². The lowest BCUT2D eigenvalue weighted by Crippen LogP contribution is -2.23. The van der Waals surface area contributed by atoms with Crippen LogP contribution in [0.1, 0.15) is 18.9 Å². The van der Waals surface area contributed by atoms with Crippen LogP contribution in [0.25, 0.3) is 0 Å². The zero-order valence-electron chi connectivity index (χ0n) is 9.97. The first-order valence-electron chi connectivity index (χ1n) is 5.78. The Morgan fingerprint density at radius 1 is 1.41 bits per heavy atom. The number of anilines is 2. The van der Waals surface area contributed by atoms with Gasteiger partial charge in [-0.2, -0.15) is 0 Å². The fraction of sp³-hybridized carbons (Fsp3) is 0.308. The molecule has 0 aliphatic rings. The average Bonchev–Trinajstić information content (AvgIpc) is 2.82. The lowest BCUT2D eigenvalue weighted by molar-refractivity contribution is 0.764. The van der Waals surface area contributed by atoms with Crippen molar-refractivity contribution < 1.29 is 0 Å². The van der Waals surface area contributed by atoms with E-state index in [9.17, 15) is 0 Å². The van der Waals surface area contributed by atoms with Crippen LogP contribution in [0.3, 0.4) is 0 Å². The molecule has 0 spiro atoms. The first-order chi connectivity index (χ1) is 8.29. The normalized spacial score (nSPS) is 10.4. The molecule has 2 rings (SSSR count). The van der Waals surface area contributed by atoms with Crippen molar-refractivity contribution in [2.75, 3.05) is 17.2 Å². The number of benzene rings is 1. The molecule has 1 aromatic carbocycles. The molecule has 0 radical (unpaired) electrons. The van der Waals surface area contributed by atoms with Crippen molar-refractivity contribution >= 4 is 22.2 Å². The third kappa shape index (κ3) is 3.20. The highest BCUT2D eigenvalue weighted by atomic mass is 32.1. The van der Waals surface area contributed by atoms with Gasteiger partial charge in [-0.05, 0) is 24.1 Å². The van der Waals surface area contributed by atoms with Gasteiger partial charge in [0.1, 0.15) is 0 Å². The summed E-state index contributed by atoms with van der Waals surface area (Å²) in [4.78, 5) is 6.66. The Morgan fingerprint density at radius 2 is 2.29 bits per heavy atom. The van der Waals surface area contributed by atoms with E-state index in [-0.39, 0.29) is 0 Å². The summed E-state index contributed by atoms with van der Waals surface area (Å²) >= 11 is 1.68. The zero-order valence-corrected chi connectivity index (χ0v) is 10.8. The van der Waals surface area contributed by atoms with Crippen molar-refractivity contribution in [1.82, 2.24) is 4.98 Å². The van der Waals surface area contributed by atoms with Crippen LogP contribution < -0.4 is 10.6 Å². The van der Waals surface area contributed by atoms with E-state index in [1.165, 1.54) is 5.56 Å².